The largest absolute Gasteiger partial charge is 0.478 e. The van der Waals surface area contributed by atoms with Gasteiger partial charge in [0.1, 0.15) is 6.04 Å². The topological polar surface area (TPSA) is 77.9 Å². The summed E-state index contributed by atoms with van der Waals surface area (Å²) in [6, 6.07) is 5.99. The maximum absolute atomic E-state index is 12.6. The molecule has 0 aromatic heterocycles. The maximum Gasteiger partial charge on any atom is 0.335 e. The van der Waals surface area contributed by atoms with E-state index in [0.29, 0.717) is 31.6 Å². The minimum Gasteiger partial charge on any atom is -0.478 e. The molecule has 0 saturated carbocycles. The summed E-state index contributed by atoms with van der Waals surface area (Å²) >= 11 is 0. The lowest BCUT2D eigenvalue weighted by Gasteiger charge is -2.29. The second kappa shape index (κ2) is 7.95. The number of carboxylic acids is 1. The highest BCUT2D eigenvalue weighted by atomic mass is 16.4. The van der Waals surface area contributed by atoms with Gasteiger partial charge < -0.3 is 14.9 Å². The quantitative estimate of drug-likeness (QED) is 0.861. The first-order chi connectivity index (χ1) is 11.5. The lowest BCUT2D eigenvalue weighted by Crippen LogP contribution is -2.48. The molecule has 1 aromatic carbocycles. The summed E-state index contributed by atoms with van der Waals surface area (Å²) in [5.41, 5.74) is 0.818. The van der Waals surface area contributed by atoms with Crippen LogP contribution in [-0.2, 0) is 16.0 Å². The van der Waals surface area contributed by atoms with Gasteiger partial charge in [0.2, 0.25) is 11.8 Å². The summed E-state index contributed by atoms with van der Waals surface area (Å²) in [5.74, 6) is -1.13. The van der Waals surface area contributed by atoms with Gasteiger partial charge in [-0.1, -0.05) is 12.1 Å². The van der Waals surface area contributed by atoms with Crippen molar-refractivity contribution in [2.75, 3.05) is 19.6 Å². The molecule has 1 atom stereocenters. The molecule has 1 aromatic rings. The molecular weight excluding hydrogens is 308 g/mol. The summed E-state index contributed by atoms with van der Waals surface area (Å²) < 4.78 is 0. The molecule has 1 aliphatic heterocycles. The predicted molar refractivity (Wildman–Crippen MR) is 89.8 cm³/mol. The third-order valence-corrected chi connectivity index (χ3v) is 4.46. The van der Waals surface area contributed by atoms with E-state index in [4.69, 9.17) is 5.11 Å². The highest BCUT2D eigenvalue weighted by Crippen LogP contribution is 2.21. The SMILES string of the molecule is CCN(CC)C(=O)C1CCCN1C(=O)Cc1cccc(C(=O)O)c1. The Balaban J connectivity index is 2.09. The molecule has 1 aliphatic rings. The van der Waals surface area contributed by atoms with Crippen molar-refractivity contribution in [3.63, 3.8) is 0 Å². The Morgan fingerprint density at radius 3 is 2.58 bits per heavy atom. The monoisotopic (exact) mass is 332 g/mol. The van der Waals surface area contributed by atoms with Crippen molar-refractivity contribution < 1.29 is 19.5 Å². The molecule has 1 unspecified atom stereocenters. The molecule has 0 aliphatic carbocycles. The highest BCUT2D eigenvalue weighted by molar-refractivity contribution is 5.90. The van der Waals surface area contributed by atoms with E-state index in [1.165, 1.54) is 12.1 Å². The number of rotatable bonds is 6. The fraction of sp³-hybridized carbons (Fsp3) is 0.500. The number of carboxylic acid groups (broad SMARTS) is 1. The van der Waals surface area contributed by atoms with E-state index in [1.807, 2.05) is 13.8 Å². The molecule has 6 nitrogen and oxygen atoms in total. The first-order valence-electron chi connectivity index (χ1n) is 8.38. The van der Waals surface area contributed by atoms with Gasteiger partial charge in [0.15, 0.2) is 0 Å². The van der Waals surface area contributed by atoms with Crippen molar-refractivity contribution in [1.82, 2.24) is 9.80 Å². The first kappa shape index (κ1) is 18.0. The van der Waals surface area contributed by atoms with Gasteiger partial charge in [0.05, 0.1) is 12.0 Å². The fourth-order valence-corrected chi connectivity index (χ4v) is 3.16. The Bertz CT molecular complexity index is 625. The van der Waals surface area contributed by atoms with E-state index in [-0.39, 0.29) is 29.8 Å². The molecular formula is C18H24N2O4. The Morgan fingerprint density at radius 1 is 1.25 bits per heavy atom. The summed E-state index contributed by atoms with van der Waals surface area (Å²) in [7, 11) is 0. The van der Waals surface area contributed by atoms with Gasteiger partial charge in [0.25, 0.3) is 0 Å². The van der Waals surface area contributed by atoms with Gasteiger partial charge in [0, 0.05) is 19.6 Å². The Labute approximate surface area is 142 Å². The zero-order valence-corrected chi connectivity index (χ0v) is 14.2. The zero-order valence-electron chi connectivity index (χ0n) is 14.2. The van der Waals surface area contributed by atoms with Gasteiger partial charge in [-0.2, -0.15) is 0 Å². The Hall–Kier alpha value is -2.37. The van der Waals surface area contributed by atoms with Gasteiger partial charge in [-0.25, -0.2) is 4.79 Å². The average Bonchev–Trinajstić information content (AvgIpc) is 3.05. The molecule has 130 valence electrons. The van der Waals surface area contributed by atoms with Crippen LogP contribution in [0.1, 0.15) is 42.6 Å². The Kier molecular flexibility index (Phi) is 5.95. The van der Waals surface area contributed by atoms with Crippen molar-refractivity contribution in [2.24, 2.45) is 0 Å². The molecule has 2 amide bonds. The van der Waals surface area contributed by atoms with E-state index in [1.54, 1.807) is 21.9 Å². The third-order valence-electron chi connectivity index (χ3n) is 4.46. The molecule has 1 N–H and O–H groups in total. The summed E-state index contributed by atoms with van der Waals surface area (Å²) in [5, 5.41) is 9.04. The lowest BCUT2D eigenvalue weighted by atomic mass is 10.1. The van der Waals surface area contributed by atoms with Gasteiger partial charge >= 0.3 is 5.97 Å². The average molecular weight is 332 g/mol. The lowest BCUT2D eigenvalue weighted by molar-refractivity contribution is -0.143. The molecule has 0 radical (unpaired) electrons. The third kappa shape index (κ3) is 3.93. The second-order valence-corrected chi connectivity index (χ2v) is 5.94. The van der Waals surface area contributed by atoms with Crippen LogP contribution >= 0.6 is 0 Å². The molecule has 1 heterocycles. The van der Waals surface area contributed by atoms with Crippen molar-refractivity contribution >= 4 is 17.8 Å². The summed E-state index contributed by atoms with van der Waals surface area (Å²) in [4.78, 5) is 39.6. The molecule has 1 fully saturated rings. The standard InChI is InChI=1S/C18H24N2O4/c1-3-19(4-2)17(22)15-9-6-10-20(15)16(21)12-13-7-5-8-14(11-13)18(23)24/h5,7-8,11,15H,3-4,6,9-10,12H2,1-2H3,(H,23,24). The molecule has 24 heavy (non-hydrogen) atoms. The highest BCUT2D eigenvalue weighted by Gasteiger charge is 2.35. The van der Waals surface area contributed by atoms with Crippen LogP contribution in [0.4, 0.5) is 0 Å². The van der Waals surface area contributed by atoms with Crippen LogP contribution in [0.15, 0.2) is 24.3 Å². The normalized spacial score (nSPS) is 16.9. The number of nitrogens with zero attached hydrogens (tertiary/aromatic N) is 2. The number of amides is 2. The molecule has 2 rings (SSSR count). The zero-order chi connectivity index (χ0) is 17.7. The van der Waals surface area contributed by atoms with Crippen LogP contribution in [0.5, 0.6) is 0 Å². The number of benzene rings is 1. The van der Waals surface area contributed by atoms with Gasteiger partial charge in [-0.15, -0.1) is 0 Å². The van der Waals surface area contributed by atoms with Crippen LogP contribution in [0.25, 0.3) is 0 Å². The molecule has 1 saturated heterocycles. The Morgan fingerprint density at radius 2 is 1.96 bits per heavy atom. The fourth-order valence-electron chi connectivity index (χ4n) is 3.16. The number of likely N-dealkylation sites (tertiary alicyclic amines) is 1. The van der Waals surface area contributed by atoms with Crippen LogP contribution < -0.4 is 0 Å². The maximum atomic E-state index is 12.6. The summed E-state index contributed by atoms with van der Waals surface area (Å²) in [6.45, 7) is 5.71. The minimum absolute atomic E-state index is 0.00476. The van der Waals surface area contributed by atoms with E-state index in [9.17, 15) is 14.4 Å². The van der Waals surface area contributed by atoms with Crippen LogP contribution in [0.3, 0.4) is 0 Å². The van der Waals surface area contributed by atoms with Crippen molar-refractivity contribution in [3.8, 4) is 0 Å². The molecule has 0 spiro atoms. The number of carbonyl (C=O) groups is 3. The minimum atomic E-state index is -1.01. The van der Waals surface area contributed by atoms with Gasteiger partial charge in [-0.05, 0) is 44.4 Å². The van der Waals surface area contributed by atoms with Gasteiger partial charge in [-0.3, -0.25) is 9.59 Å². The van der Waals surface area contributed by atoms with E-state index in [0.717, 1.165) is 6.42 Å². The number of hydrogen-bond acceptors (Lipinski definition) is 3. The number of hydrogen-bond donors (Lipinski definition) is 1. The number of likely N-dealkylation sites (N-methyl/N-ethyl adjacent to an activating group) is 1. The first-order valence-corrected chi connectivity index (χ1v) is 8.38. The van der Waals surface area contributed by atoms with Crippen molar-refractivity contribution in [1.29, 1.82) is 0 Å². The van der Waals surface area contributed by atoms with Crippen LogP contribution in [-0.4, -0.2) is 58.4 Å². The van der Waals surface area contributed by atoms with Crippen LogP contribution in [0, 0.1) is 0 Å². The van der Waals surface area contributed by atoms with Crippen molar-refractivity contribution in [3.05, 3.63) is 35.4 Å². The van der Waals surface area contributed by atoms with Crippen LogP contribution in [0.2, 0.25) is 0 Å². The molecule has 0 bridgehead atoms. The van der Waals surface area contributed by atoms with E-state index >= 15 is 0 Å². The van der Waals surface area contributed by atoms with E-state index < -0.39 is 5.97 Å². The van der Waals surface area contributed by atoms with E-state index in [2.05, 4.69) is 0 Å². The predicted octanol–water partition coefficient (Wildman–Crippen LogP) is 1.79. The van der Waals surface area contributed by atoms with Crippen molar-refractivity contribution in [2.45, 2.75) is 39.2 Å². The number of aromatic carboxylic acids is 1. The second-order valence-electron chi connectivity index (χ2n) is 5.94. The summed E-state index contributed by atoms with van der Waals surface area (Å²) in [6.07, 6.45) is 1.62. The smallest absolute Gasteiger partial charge is 0.335 e. The molecule has 6 heteroatoms. The number of carbonyl (C=O) groups excluding carboxylic acids is 2.